The number of fused-ring (bicyclic) bond motifs is 1. The first-order chi connectivity index (χ1) is 12.5. The van der Waals surface area contributed by atoms with Crippen LogP contribution >= 0.6 is 11.6 Å². The van der Waals surface area contributed by atoms with E-state index >= 15 is 0 Å². The van der Waals surface area contributed by atoms with E-state index in [2.05, 4.69) is 9.97 Å². The number of nitrogens with one attached hydrogen (secondary N) is 1. The van der Waals surface area contributed by atoms with Crippen molar-refractivity contribution in [2.45, 2.75) is 43.9 Å². The van der Waals surface area contributed by atoms with Crippen LogP contribution in [0.1, 0.15) is 31.5 Å². The number of aromatic amines is 1. The van der Waals surface area contributed by atoms with Crippen LogP contribution in [0.3, 0.4) is 0 Å². The Morgan fingerprint density at radius 3 is 2.52 bits per heavy atom. The highest BCUT2D eigenvalue weighted by Crippen LogP contribution is 2.43. The maximum Gasteiger partial charge on any atom is 0.417 e. The highest BCUT2D eigenvalue weighted by atomic mass is 35.5. The zero-order chi connectivity index (χ0) is 19.9. The second-order valence-electron chi connectivity index (χ2n) is 7.53. The number of pyridine rings is 1. The van der Waals surface area contributed by atoms with Crippen LogP contribution in [0.15, 0.2) is 48.8 Å². The first kappa shape index (κ1) is 19.7. The van der Waals surface area contributed by atoms with Crippen molar-refractivity contribution in [1.29, 1.82) is 0 Å². The molecule has 0 aliphatic carbocycles. The largest absolute Gasteiger partial charge is 0.417 e. The number of alkyl halides is 3. The Balaban J connectivity index is 1.94. The Morgan fingerprint density at radius 1 is 1.15 bits per heavy atom. The normalized spacial score (nSPS) is 15.1. The molecule has 2 heterocycles. The predicted molar refractivity (Wildman–Crippen MR) is 99.9 cm³/mol. The molecule has 3 rings (SSSR count). The Hall–Kier alpha value is -2.05. The van der Waals surface area contributed by atoms with E-state index in [0.717, 1.165) is 5.39 Å². The van der Waals surface area contributed by atoms with Crippen LogP contribution in [0.2, 0.25) is 5.02 Å². The number of aliphatic hydroxyl groups is 1. The summed E-state index contributed by atoms with van der Waals surface area (Å²) in [6.45, 7) is 3.34. The van der Waals surface area contributed by atoms with Crippen molar-refractivity contribution in [2.75, 3.05) is 0 Å². The van der Waals surface area contributed by atoms with Crippen molar-refractivity contribution in [3.8, 4) is 0 Å². The van der Waals surface area contributed by atoms with E-state index in [0.29, 0.717) is 21.8 Å². The highest BCUT2D eigenvalue weighted by Gasteiger charge is 2.56. The molecule has 0 radical (unpaired) electrons. The van der Waals surface area contributed by atoms with E-state index in [1.54, 1.807) is 62.6 Å². The number of rotatable bonds is 5. The molecule has 0 aliphatic heterocycles. The van der Waals surface area contributed by atoms with Gasteiger partial charge in [-0.1, -0.05) is 37.6 Å². The summed E-state index contributed by atoms with van der Waals surface area (Å²) in [4.78, 5) is 6.86. The molecule has 144 valence electrons. The third kappa shape index (κ3) is 4.12. The molecule has 27 heavy (non-hydrogen) atoms. The Labute approximate surface area is 160 Å². The molecule has 3 nitrogen and oxygen atoms in total. The van der Waals surface area contributed by atoms with Gasteiger partial charge in [-0.3, -0.25) is 4.98 Å². The molecule has 0 saturated carbocycles. The van der Waals surface area contributed by atoms with Gasteiger partial charge >= 0.3 is 6.18 Å². The lowest BCUT2D eigenvalue weighted by atomic mass is 9.73. The Morgan fingerprint density at radius 2 is 1.89 bits per heavy atom. The molecule has 0 bridgehead atoms. The molecule has 0 spiro atoms. The minimum Gasteiger partial charge on any atom is -0.380 e. The average molecular weight is 397 g/mol. The van der Waals surface area contributed by atoms with Crippen LogP contribution in [0.25, 0.3) is 10.9 Å². The summed E-state index contributed by atoms with van der Waals surface area (Å²) in [5.41, 5.74) is -2.26. The van der Waals surface area contributed by atoms with Crippen molar-refractivity contribution in [1.82, 2.24) is 9.97 Å². The summed E-state index contributed by atoms with van der Waals surface area (Å²) in [5, 5.41) is 11.9. The quantitative estimate of drug-likeness (QED) is 0.605. The SMILES string of the molecule is CC(C)(CC(O)(Cc1cc2ccncc2[nH]1)C(F)(F)F)c1cccc(Cl)c1. The summed E-state index contributed by atoms with van der Waals surface area (Å²) in [7, 11) is 0. The predicted octanol–water partition coefficient (Wildman–Crippen LogP) is 5.42. The minimum absolute atomic E-state index is 0.305. The lowest BCUT2D eigenvalue weighted by molar-refractivity contribution is -0.266. The molecule has 7 heteroatoms. The molecule has 0 aliphatic rings. The standard InChI is InChI=1S/C20H20ClF3N2O/c1-18(2,14-4-3-5-15(21)9-14)12-19(27,20(22,23)24)10-16-8-13-6-7-25-11-17(13)26-16/h3-9,11,26-27H,10,12H2,1-2H3. The second kappa shape index (κ2) is 6.84. The number of halogens is 4. The van der Waals surface area contributed by atoms with E-state index in [9.17, 15) is 18.3 Å². The van der Waals surface area contributed by atoms with Crippen LogP contribution in [-0.2, 0) is 11.8 Å². The molecule has 2 aromatic heterocycles. The number of aromatic nitrogens is 2. The number of hydrogen-bond donors (Lipinski definition) is 2. The fourth-order valence-electron chi connectivity index (χ4n) is 3.45. The molecule has 0 amide bonds. The van der Waals surface area contributed by atoms with Crippen molar-refractivity contribution < 1.29 is 18.3 Å². The summed E-state index contributed by atoms with van der Waals surface area (Å²) < 4.78 is 41.6. The molecule has 0 fully saturated rings. The summed E-state index contributed by atoms with van der Waals surface area (Å²) in [6, 6.07) is 10.0. The topological polar surface area (TPSA) is 48.9 Å². The van der Waals surface area contributed by atoms with Crippen molar-refractivity contribution >= 4 is 22.5 Å². The zero-order valence-corrected chi connectivity index (χ0v) is 15.7. The summed E-state index contributed by atoms with van der Waals surface area (Å²) >= 11 is 5.99. The van der Waals surface area contributed by atoms with Crippen LogP contribution in [-0.4, -0.2) is 26.9 Å². The molecular weight excluding hydrogens is 377 g/mol. The zero-order valence-electron chi connectivity index (χ0n) is 14.9. The van der Waals surface area contributed by atoms with E-state index in [1.165, 1.54) is 0 Å². The lowest BCUT2D eigenvalue weighted by Crippen LogP contribution is -2.50. The van der Waals surface area contributed by atoms with E-state index in [-0.39, 0.29) is 0 Å². The molecular formula is C20H20ClF3N2O. The van der Waals surface area contributed by atoms with Gasteiger partial charge in [-0.25, -0.2) is 0 Å². The van der Waals surface area contributed by atoms with Gasteiger partial charge in [0.15, 0.2) is 5.60 Å². The van der Waals surface area contributed by atoms with Crippen LogP contribution in [0, 0.1) is 0 Å². The fraction of sp³-hybridized carbons (Fsp3) is 0.350. The van der Waals surface area contributed by atoms with Crippen molar-refractivity contribution in [3.63, 3.8) is 0 Å². The molecule has 1 atom stereocenters. The van der Waals surface area contributed by atoms with Gasteiger partial charge in [-0.2, -0.15) is 13.2 Å². The van der Waals surface area contributed by atoms with Crippen molar-refractivity contribution in [3.05, 3.63) is 65.1 Å². The van der Waals surface area contributed by atoms with Crippen LogP contribution in [0.4, 0.5) is 13.2 Å². The van der Waals surface area contributed by atoms with Crippen LogP contribution < -0.4 is 0 Å². The fourth-order valence-corrected chi connectivity index (χ4v) is 3.64. The first-order valence-corrected chi connectivity index (χ1v) is 8.85. The van der Waals surface area contributed by atoms with Gasteiger partial charge in [-0.15, -0.1) is 0 Å². The Kier molecular flexibility index (Phi) is 4.99. The van der Waals surface area contributed by atoms with Gasteiger partial charge < -0.3 is 10.1 Å². The number of benzene rings is 1. The highest BCUT2D eigenvalue weighted by molar-refractivity contribution is 6.30. The number of nitrogens with zero attached hydrogens (tertiary/aromatic N) is 1. The monoisotopic (exact) mass is 396 g/mol. The molecule has 3 aromatic rings. The van der Waals surface area contributed by atoms with Gasteiger partial charge in [0.1, 0.15) is 0 Å². The summed E-state index contributed by atoms with van der Waals surface area (Å²) in [5.74, 6) is 0. The number of hydrogen-bond acceptors (Lipinski definition) is 2. The van der Waals surface area contributed by atoms with E-state index in [1.807, 2.05) is 0 Å². The second-order valence-corrected chi connectivity index (χ2v) is 7.97. The van der Waals surface area contributed by atoms with Gasteiger partial charge in [-0.05, 0) is 41.7 Å². The van der Waals surface area contributed by atoms with Gasteiger partial charge in [0, 0.05) is 28.7 Å². The van der Waals surface area contributed by atoms with E-state index in [4.69, 9.17) is 11.6 Å². The van der Waals surface area contributed by atoms with Gasteiger partial charge in [0.2, 0.25) is 0 Å². The van der Waals surface area contributed by atoms with Gasteiger partial charge in [0.05, 0.1) is 11.7 Å². The van der Waals surface area contributed by atoms with E-state index < -0.39 is 30.0 Å². The summed E-state index contributed by atoms with van der Waals surface area (Å²) in [6.07, 6.45) is -2.76. The molecule has 2 N–H and O–H groups in total. The molecule has 1 aromatic carbocycles. The average Bonchev–Trinajstić information content (AvgIpc) is 2.95. The van der Waals surface area contributed by atoms with Gasteiger partial charge in [0.25, 0.3) is 0 Å². The third-order valence-electron chi connectivity index (χ3n) is 4.83. The smallest absolute Gasteiger partial charge is 0.380 e. The number of H-pyrrole nitrogens is 1. The molecule has 1 unspecified atom stereocenters. The maximum absolute atomic E-state index is 13.9. The van der Waals surface area contributed by atoms with Crippen LogP contribution in [0.5, 0.6) is 0 Å². The maximum atomic E-state index is 13.9. The third-order valence-corrected chi connectivity index (χ3v) is 5.07. The van der Waals surface area contributed by atoms with Crippen molar-refractivity contribution in [2.24, 2.45) is 0 Å². The molecule has 0 saturated heterocycles. The Bertz CT molecular complexity index is 919. The minimum atomic E-state index is -4.79. The lowest BCUT2D eigenvalue weighted by Gasteiger charge is -2.38. The first-order valence-electron chi connectivity index (χ1n) is 8.47.